The fourth-order valence-corrected chi connectivity index (χ4v) is 2.62. The van der Waals surface area contributed by atoms with Gasteiger partial charge in [0.1, 0.15) is 11.5 Å². The Morgan fingerprint density at radius 2 is 2.00 bits per heavy atom. The average Bonchev–Trinajstić information content (AvgIpc) is 2.46. The van der Waals surface area contributed by atoms with Crippen molar-refractivity contribution in [3.05, 3.63) is 23.8 Å². The van der Waals surface area contributed by atoms with Crippen LogP contribution in [-0.2, 0) is 6.54 Å². The number of aliphatic hydroxyl groups is 1. The maximum absolute atomic E-state index is 9.88. The van der Waals surface area contributed by atoms with Crippen LogP contribution in [0.15, 0.2) is 18.2 Å². The van der Waals surface area contributed by atoms with Gasteiger partial charge in [0, 0.05) is 30.8 Å². The molecule has 1 aliphatic carbocycles. The highest BCUT2D eigenvalue weighted by Gasteiger charge is 2.20. The molecule has 2 rings (SSSR count). The van der Waals surface area contributed by atoms with Crippen molar-refractivity contribution in [3.8, 4) is 11.5 Å². The summed E-state index contributed by atoms with van der Waals surface area (Å²) in [5.41, 5.74) is 0.894. The summed E-state index contributed by atoms with van der Waals surface area (Å²) < 4.78 is 5.06. The Hall–Kier alpha value is -1.26. The number of methoxy groups -OCH3 is 1. The van der Waals surface area contributed by atoms with Crippen LogP contribution in [0.1, 0.15) is 31.2 Å². The molecule has 1 aromatic carbocycles. The molecule has 0 aromatic heterocycles. The second kappa shape index (κ2) is 6.78. The van der Waals surface area contributed by atoms with Crippen LogP contribution in [-0.4, -0.2) is 30.0 Å². The Labute approximate surface area is 114 Å². The Kier molecular flexibility index (Phi) is 5.05. The summed E-state index contributed by atoms with van der Waals surface area (Å²) in [6, 6.07) is 5.88. The molecule has 0 saturated heterocycles. The van der Waals surface area contributed by atoms with Crippen molar-refractivity contribution in [1.29, 1.82) is 0 Å². The van der Waals surface area contributed by atoms with Gasteiger partial charge in [-0.15, -0.1) is 0 Å². The fourth-order valence-electron chi connectivity index (χ4n) is 2.62. The second-order valence-corrected chi connectivity index (χ2v) is 5.28. The third-order valence-corrected chi connectivity index (χ3v) is 3.98. The van der Waals surface area contributed by atoms with Gasteiger partial charge in [-0.05, 0) is 37.7 Å². The van der Waals surface area contributed by atoms with Gasteiger partial charge < -0.3 is 20.3 Å². The van der Waals surface area contributed by atoms with Gasteiger partial charge in [0.15, 0.2) is 0 Å². The number of benzene rings is 1. The first-order valence-electron chi connectivity index (χ1n) is 6.93. The standard InChI is InChI=1S/C15H23NO3/c1-19-14-7-4-12(15(18)8-14)9-16-13-5-2-11(10-17)3-6-13/h4,7-8,11,13,16-18H,2-3,5-6,9-10H2,1H3. The average molecular weight is 265 g/mol. The van der Waals surface area contributed by atoms with Crippen molar-refractivity contribution in [3.63, 3.8) is 0 Å². The number of nitrogens with one attached hydrogen (secondary N) is 1. The Bertz CT molecular complexity index is 400. The number of phenolic OH excluding ortho intramolecular Hbond substituents is 1. The lowest BCUT2D eigenvalue weighted by molar-refractivity contribution is 0.175. The van der Waals surface area contributed by atoms with Crippen LogP contribution in [0, 0.1) is 5.92 Å². The SMILES string of the molecule is COc1ccc(CNC2CCC(CO)CC2)c(O)c1. The lowest BCUT2D eigenvalue weighted by atomic mass is 9.86. The van der Waals surface area contributed by atoms with Crippen LogP contribution in [0.25, 0.3) is 0 Å². The molecule has 1 aromatic rings. The molecule has 3 N–H and O–H groups in total. The van der Waals surface area contributed by atoms with Gasteiger partial charge in [-0.3, -0.25) is 0 Å². The molecule has 1 aliphatic rings. The summed E-state index contributed by atoms with van der Waals surface area (Å²) in [7, 11) is 1.59. The minimum Gasteiger partial charge on any atom is -0.507 e. The van der Waals surface area contributed by atoms with E-state index in [1.54, 1.807) is 13.2 Å². The third-order valence-electron chi connectivity index (χ3n) is 3.98. The molecule has 0 amide bonds. The summed E-state index contributed by atoms with van der Waals surface area (Å²) in [6.45, 7) is 0.982. The highest BCUT2D eigenvalue weighted by atomic mass is 16.5. The largest absolute Gasteiger partial charge is 0.507 e. The van der Waals surface area contributed by atoms with E-state index in [4.69, 9.17) is 9.84 Å². The molecule has 1 saturated carbocycles. The first-order valence-corrected chi connectivity index (χ1v) is 6.93. The predicted octanol–water partition coefficient (Wildman–Crippen LogP) is 2.04. The molecular weight excluding hydrogens is 242 g/mol. The highest BCUT2D eigenvalue weighted by Crippen LogP contribution is 2.26. The number of phenols is 1. The molecule has 0 aliphatic heterocycles. The molecule has 4 heteroatoms. The monoisotopic (exact) mass is 265 g/mol. The van der Waals surface area contributed by atoms with Gasteiger partial charge in [0.2, 0.25) is 0 Å². The summed E-state index contributed by atoms with van der Waals surface area (Å²) in [5, 5.41) is 22.5. The molecule has 1 fully saturated rings. The topological polar surface area (TPSA) is 61.7 Å². The second-order valence-electron chi connectivity index (χ2n) is 5.28. The van der Waals surface area contributed by atoms with E-state index in [9.17, 15) is 5.11 Å². The van der Waals surface area contributed by atoms with Crippen LogP contribution in [0.3, 0.4) is 0 Å². The molecule has 0 bridgehead atoms. The normalized spacial score (nSPS) is 23.3. The van der Waals surface area contributed by atoms with Crippen LogP contribution in [0.2, 0.25) is 0 Å². The third kappa shape index (κ3) is 3.85. The lowest BCUT2D eigenvalue weighted by Crippen LogP contribution is -2.33. The van der Waals surface area contributed by atoms with Crippen molar-refractivity contribution >= 4 is 0 Å². The number of aromatic hydroxyl groups is 1. The van der Waals surface area contributed by atoms with E-state index in [1.165, 1.54) is 0 Å². The fraction of sp³-hybridized carbons (Fsp3) is 0.600. The first-order chi connectivity index (χ1) is 9.22. The van der Waals surface area contributed by atoms with Crippen molar-refractivity contribution < 1.29 is 14.9 Å². The predicted molar refractivity (Wildman–Crippen MR) is 74.3 cm³/mol. The molecule has 0 unspecified atom stereocenters. The van der Waals surface area contributed by atoms with Crippen molar-refractivity contribution in [2.45, 2.75) is 38.3 Å². The van der Waals surface area contributed by atoms with Crippen molar-refractivity contribution in [2.75, 3.05) is 13.7 Å². The maximum atomic E-state index is 9.88. The van der Waals surface area contributed by atoms with E-state index >= 15 is 0 Å². The summed E-state index contributed by atoms with van der Waals surface area (Å²) in [6.07, 6.45) is 4.37. The summed E-state index contributed by atoms with van der Waals surface area (Å²) in [5.74, 6) is 1.42. The summed E-state index contributed by atoms with van der Waals surface area (Å²) >= 11 is 0. The van der Waals surface area contributed by atoms with Crippen molar-refractivity contribution in [1.82, 2.24) is 5.32 Å². The van der Waals surface area contributed by atoms with Gasteiger partial charge >= 0.3 is 0 Å². The van der Waals surface area contributed by atoms with Gasteiger partial charge in [0.25, 0.3) is 0 Å². The molecule has 4 nitrogen and oxygen atoms in total. The lowest BCUT2D eigenvalue weighted by Gasteiger charge is -2.28. The van der Waals surface area contributed by atoms with Crippen LogP contribution >= 0.6 is 0 Å². The van der Waals surface area contributed by atoms with E-state index in [0.29, 0.717) is 30.9 Å². The molecular formula is C15H23NO3. The molecule has 0 heterocycles. The Morgan fingerprint density at radius 1 is 1.26 bits per heavy atom. The highest BCUT2D eigenvalue weighted by molar-refractivity contribution is 5.39. The number of hydrogen-bond donors (Lipinski definition) is 3. The Balaban J connectivity index is 1.82. The van der Waals surface area contributed by atoms with E-state index in [-0.39, 0.29) is 5.75 Å². The first kappa shape index (κ1) is 14.2. The van der Waals surface area contributed by atoms with Gasteiger partial charge in [-0.25, -0.2) is 0 Å². The van der Waals surface area contributed by atoms with Crippen LogP contribution in [0.4, 0.5) is 0 Å². The minimum atomic E-state index is 0.274. The zero-order chi connectivity index (χ0) is 13.7. The van der Waals surface area contributed by atoms with Crippen LogP contribution < -0.4 is 10.1 Å². The summed E-state index contributed by atoms with van der Waals surface area (Å²) in [4.78, 5) is 0. The molecule has 0 atom stereocenters. The van der Waals surface area contributed by atoms with E-state index < -0.39 is 0 Å². The van der Waals surface area contributed by atoms with Crippen LogP contribution in [0.5, 0.6) is 11.5 Å². The van der Waals surface area contributed by atoms with Gasteiger partial charge in [-0.1, -0.05) is 6.07 Å². The maximum Gasteiger partial charge on any atom is 0.123 e. The van der Waals surface area contributed by atoms with E-state index in [1.807, 2.05) is 12.1 Å². The van der Waals surface area contributed by atoms with Gasteiger partial charge in [-0.2, -0.15) is 0 Å². The van der Waals surface area contributed by atoms with Crippen molar-refractivity contribution in [2.24, 2.45) is 5.92 Å². The number of aliphatic hydroxyl groups excluding tert-OH is 1. The minimum absolute atomic E-state index is 0.274. The smallest absolute Gasteiger partial charge is 0.123 e. The zero-order valence-corrected chi connectivity index (χ0v) is 11.4. The molecule has 19 heavy (non-hydrogen) atoms. The number of hydrogen-bond acceptors (Lipinski definition) is 4. The molecule has 0 radical (unpaired) electrons. The zero-order valence-electron chi connectivity index (χ0n) is 11.4. The molecule has 0 spiro atoms. The Morgan fingerprint density at radius 3 is 2.58 bits per heavy atom. The number of ether oxygens (including phenoxy) is 1. The number of rotatable bonds is 5. The van der Waals surface area contributed by atoms with E-state index in [0.717, 1.165) is 31.2 Å². The van der Waals surface area contributed by atoms with E-state index in [2.05, 4.69) is 5.32 Å². The quantitative estimate of drug-likeness (QED) is 0.762. The molecule has 106 valence electrons. The van der Waals surface area contributed by atoms with Gasteiger partial charge in [0.05, 0.1) is 7.11 Å².